The highest BCUT2D eigenvalue weighted by molar-refractivity contribution is 7.93. The Labute approximate surface area is 734 Å². The number of rotatable bonds is 20. The topological polar surface area (TPSA) is 412 Å². The number of anilines is 8. The Kier molecular flexibility index (Phi) is 24.7. The van der Waals surface area contributed by atoms with E-state index in [1.54, 1.807) is 127 Å². The Balaban J connectivity index is 0.000000124. The zero-order chi connectivity index (χ0) is 88.3. The second-order valence-electron chi connectivity index (χ2n) is 31.7. The summed E-state index contributed by atoms with van der Waals surface area (Å²) in [5.41, 5.74) is 37.8. The Hall–Kier alpha value is -13.3. The smallest absolute Gasteiger partial charge is 0.261 e. The number of nitrogens with two attached hydrogens (primary N) is 4. The van der Waals surface area contributed by atoms with E-state index in [9.17, 15) is 38.1 Å². The van der Waals surface area contributed by atoms with E-state index >= 15 is 0 Å². The lowest BCUT2D eigenvalue weighted by Crippen LogP contribution is -2.13. The first-order valence-electron chi connectivity index (χ1n) is 41.2. The molecule has 0 spiro atoms. The van der Waals surface area contributed by atoms with Crippen molar-refractivity contribution in [3.05, 3.63) is 266 Å². The fourth-order valence-electron chi connectivity index (χ4n) is 16.8. The quantitative estimate of drug-likeness (QED) is 0.0351. The van der Waals surface area contributed by atoms with E-state index in [-0.39, 0.29) is 31.3 Å². The zero-order valence-corrected chi connectivity index (χ0v) is 73.2. The number of nitrogens with one attached hydrogen (secondary N) is 4. The molecule has 0 aliphatic heterocycles. The summed E-state index contributed by atoms with van der Waals surface area (Å²) in [6.07, 6.45) is 27.8. The van der Waals surface area contributed by atoms with Crippen molar-refractivity contribution in [2.75, 3.05) is 41.8 Å². The molecule has 3 saturated carbocycles. The van der Waals surface area contributed by atoms with Crippen molar-refractivity contribution in [3.8, 4) is 44.5 Å². The molecule has 3 fully saturated rings. The van der Waals surface area contributed by atoms with Gasteiger partial charge in [0, 0.05) is 76.9 Å². The maximum absolute atomic E-state index is 15.0. The van der Waals surface area contributed by atoms with E-state index in [4.69, 9.17) is 34.5 Å². The third-order valence-corrected chi connectivity index (χ3v) is 28.9. The number of nitrogens with zero attached hydrogens (tertiary/aromatic N) is 12. The van der Waals surface area contributed by atoms with Crippen molar-refractivity contribution in [3.63, 3.8) is 0 Å². The molecule has 0 unspecified atom stereocenters. The van der Waals surface area contributed by atoms with Crippen molar-refractivity contribution in [1.29, 1.82) is 0 Å². The molecular weight excluding hydrogens is 1700 g/mol. The summed E-state index contributed by atoms with van der Waals surface area (Å²) >= 11 is 6.50. The number of halogens is 2. The summed E-state index contributed by atoms with van der Waals surface area (Å²) in [5, 5.41) is 3.40. The molecule has 3 aliphatic carbocycles. The third kappa shape index (κ3) is 18.0. The molecule has 0 saturated heterocycles. The first kappa shape index (κ1) is 86.2. The minimum absolute atomic E-state index is 0.0630. The van der Waals surface area contributed by atoms with Crippen LogP contribution in [0.4, 0.5) is 50.4 Å². The molecule has 3 aliphatic rings. The van der Waals surface area contributed by atoms with Crippen molar-refractivity contribution >= 4 is 142 Å². The van der Waals surface area contributed by atoms with Crippen molar-refractivity contribution in [1.82, 2.24) is 58.1 Å². The molecule has 0 atom stereocenters. The summed E-state index contributed by atoms with van der Waals surface area (Å²) in [4.78, 5) is 35.3. The summed E-state index contributed by atoms with van der Waals surface area (Å²) in [5.74, 6) is 0.929. The molecular formula is C92H92ClFN20O8S4. The minimum Gasteiger partial charge on any atom is -0.383 e. The van der Waals surface area contributed by atoms with Crippen LogP contribution in [0.2, 0.25) is 5.02 Å². The minimum atomic E-state index is -3.90. The van der Waals surface area contributed by atoms with E-state index in [1.807, 2.05) is 56.6 Å². The van der Waals surface area contributed by atoms with Crippen LogP contribution in [0.3, 0.4) is 0 Å². The molecule has 0 radical (unpaired) electrons. The van der Waals surface area contributed by atoms with Crippen molar-refractivity contribution in [2.24, 2.45) is 0 Å². The van der Waals surface area contributed by atoms with Gasteiger partial charge in [-0.15, -0.1) is 0 Å². The number of hydrogen-bond donors (Lipinski definition) is 8. The van der Waals surface area contributed by atoms with Crippen LogP contribution in [-0.4, -0.2) is 91.8 Å². The Morgan fingerprint density at radius 2 is 0.690 bits per heavy atom. The fourth-order valence-corrected chi connectivity index (χ4v) is 21.5. The zero-order valence-electron chi connectivity index (χ0n) is 69.2. The molecule has 0 bridgehead atoms. The normalized spacial score (nSPS) is 14.1. The van der Waals surface area contributed by atoms with Crippen molar-refractivity contribution < 1.29 is 38.1 Å². The average Bonchev–Trinajstić information content (AvgIpc) is 1.62. The van der Waals surface area contributed by atoms with E-state index in [0.717, 1.165) is 140 Å². The van der Waals surface area contributed by atoms with Gasteiger partial charge >= 0.3 is 0 Å². The highest BCUT2D eigenvalue weighted by Crippen LogP contribution is 2.45. The number of benzene rings is 8. The number of aromatic nitrogens is 12. The lowest BCUT2D eigenvalue weighted by molar-refractivity contribution is 0.532. The van der Waals surface area contributed by atoms with E-state index in [1.165, 1.54) is 87.4 Å². The molecule has 8 aromatic carbocycles. The van der Waals surface area contributed by atoms with E-state index in [2.05, 4.69) is 103 Å². The predicted molar refractivity (Wildman–Crippen MR) is 496 cm³/mol. The number of fused-ring (bicyclic) bond motifs is 4. The highest BCUT2D eigenvalue weighted by atomic mass is 35.5. The molecule has 646 valence electrons. The molecule has 8 aromatic heterocycles. The average molecular weight is 1790 g/mol. The van der Waals surface area contributed by atoms with Gasteiger partial charge in [0.05, 0.1) is 63.2 Å². The maximum atomic E-state index is 15.0. The van der Waals surface area contributed by atoms with Crippen LogP contribution in [0, 0.1) is 19.7 Å². The molecule has 16 aromatic rings. The summed E-state index contributed by atoms with van der Waals surface area (Å²) < 4.78 is 135. The van der Waals surface area contributed by atoms with Crippen LogP contribution in [0.1, 0.15) is 126 Å². The molecule has 126 heavy (non-hydrogen) atoms. The summed E-state index contributed by atoms with van der Waals surface area (Å²) in [6.45, 7) is 7.99. The lowest BCUT2D eigenvalue weighted by Gasteiger charge is -2.12. The van der Waals surface area contributed by atoms with Gasteiger partial charge in [0.1, 0.15) is 77.0 Å². The predicted octanol–water partition coefficient (Wildman–Crippen LogP) is 19.3. The van der Waals surface area contributed by atoms with Gasteiger partial charge in [0.25, 0.3) is 40.1 Å². The number of hydrogen-bond acceptors (Lipinski definition) is 20. The van der Waals surface area contributed by atoms with Crippen LogP contribution >= 0.6 is 11.6 Å². The Morgan fingerprint density at radius 1 is 0.357 bits per heavy atom. The van der Waals surface area contributed by atoms with Gasteiger partial charge in [-0.05, 0) is 197 Å². The van der Waals surface area contributed by atoms with Gasteiger partial charge in [0.15, 0.2) is 0 Å². The van der Waals surface area contributed by atoms with Crippen LogP contribution in [0.25, 0.3) is 88.6 Å². The maximum Gasteiger partial charge on any atom is 0.261 e. The second kappa shape index (κ2) is 36.1. The number of aryl methyl sites for hydroxylation is 2. The molecule has 0 amide bonds. The summed E-state index contributed by atoms with van der Waals surface area (Å²) in [7, 11) is -14.9. The van der Waals surface area contributed by atoms with Gasteiger partial charge in [-0.1, -0.05) is 147 Å². The van der Waals surface area contributed by atoms with Crippen molar-refractivity contribution in [2.45, 2.75) is 148 Å². The van der Waals surface area contributed by atoms with E-state index in [0.29, 0.717) is 74.4 Å². The SMILES string of the molecule is Cc1cc(-c2cn(C(C)C)c3ncnc(N)c23)ccc1NS(=O)(=O)c1ccccc1.Cc1cc(NS(=O)(=O)c2ccccc2)ccc1-c1cn(C2CCCC2)c2ncnc(N)c12.Nc1ncnc2c1c(-c1ccc(NS(=O)(=O)c3ccccc3)c(Cl)c1)cn2C1CCCC1.Nc1ncnc2c1c(-c1ccc(NS(=O)(=O)c3ccccc3)c(F)c1)cn2C1CCCC1. The molecule has 19 rings (SSSR count). The molecule has 28 nitrogen and oxygen atoms in total. The van der Waals surface area contributed by atoms with Gasteiger partial charge in [0.2, 0.25) is 0 Å². The fraction of sp³-hybridized carbons (Fsp3) is 0.217. The summed E-state index contributed by atoms with van der Waals surface area (Å²) in [6, 6.07) is 54.8. The first-order valence-corrected chi connectivity index (χ1v) is 47.5. The highest BCUT2D eigenvalue weighted by Gasteiger charge is 2.30. The monoisotopic (exact) mass is 1790 g/mol. The largest absolute Gasteiger partial charge is 0.383 e. The van der Waals surface area contributed by atoms with Crippen LogP contribution in [-0.2, 0) is 40.1 Å². The van der Waals surface area contributed by atoms with Gasteiger partial charge < -0.3 is 41.2 Å². The Morgan fingerprint density at radius 3 is 1.08 bits per heavy atom. The third-order valence-electron chi connectivity index (χ3n) is 23.1. The standard InChI is InChI=1S/C24H25N5O2S.C23H22ClN5O2S.C23H22FN5O2S.C22H23N5O2S/c1-16-13-17(28-32(30,31)19-9-3-2-4-10-19)11-12-20(16)21-14-29(18-7-5-6-8-18)24-22(21)23(25)26-15-27-24;2*24-19-12-15(10-11-20(19)28-32(30,31)17-8-2-1-3-9-17)18-13-29(16-6-4-5-7-16)23-21(18)22(25)26-14-27-23;1-14(2)27-12-18(20-21(23)24-13-25-22(20)27)16-9-10-19(15(3)11-16)26-30(28,29)17-7-5-4-6-8-17/h2-4,9-15,18,28H,5-8H2,1H3,(H2,25,26,27);2*1-3,8-14,16,28H,4-7H2,(H2,25,26,27);4-14,26H,1-3H3,(H2,23,24,25). The van der Waals surface area contributed by atoms with Gasteiger partial charge in [-0.2, -0.15) is 0 Å². The lowest BCUT2D eigenvalue weighted by atomic mass is 10.0. The van der Waals surface area contributed by atoms with Crippen LogP contribution in [0.15, 0.2) is 264 Å². The van der Waals surface area contributed by atoms with Gasteiger partial charge in [-0.25, -0.2) is 77.9 Å². The molecule has 12 N–H and O–H groups in total. The second-order valence-corrected chi connectivity index (χ2v) is 38.8. The first-order chi connectivity index (χ1) is 60.6. The van der Waals surface area contributed by atoms with Crippen LogP contribution in [0.5, 0.6) is 0 Å². The number of sulfonamides is 4. The molecule has 8 heterocycles. The van der Waals surface area contributed by atoms with Gasteiger partial charge in [-0.3, -0.25) is 18.9 Å². The number of nitrogen functional groups attached to an aromatic ring is 4. The Bertz CT molecular complexity index is 7020. The van der Waals surface area contributed by atoms with Crippen LogP contribution < -0.4 is 41.8 Å². The molecule has 34 heteroatoms. The van der Waals surface area contributed by atoms with E-state index < -0.39 is 45.9 Å².